The molecule has 2 unspecified atom stereocenters. The minimum atomic E-state index is -1.34. The molecule has 1 rings (SSSR count). The predicted octanol–water partition coefficient (Wildman–Crippen LogP) is 2.88. The Hall–Kier alpha value is 0.732. The number of ether oxygens (including phenoxy) is 3. The fourth-order valence-corrected chi connectivity index (χ4v) is 4.31. The Labute approximate surface area is 177 Å². The number of hydrogen-bond donors (Lipinski definition) is 0. The van der Waals surface area contributed by atoms with Crippen molar-refractivity contribution >= 4 is 8.53 Å². The van der Waals surface area contributed by atoms with Crippen molar-refractivity contribution < 1.29 is 54.4 Å². The summed E-state index contributed by atoms with van der Waals surface area (Å²) in [6.45, 7) is 18.1. The van der Waals surface area contributed by atoms with Crippen LogP contribution in [0.2, 0.25) is 0 Å². The fourth-order valence-electron chi connectivity index (χ4n) is 2.55. The summed E-state index contributed by atoms with van der Waals surface area (Å²) in [7, 11) is 1.91. The van der Waals surface area contributed by atoms with Crippen molar-refractivity contribution in [3.05, 3.63) is 18.0 Å². The van der Waals surface area contributed by atoms with Gasteiger partial charge in [-0.2, -0.15) is 6.61 Å². The maximum Gasteiger partial charge on any atom is 0.259 e. The molecule has 0 aromatic rings. The van der Waals surface area contributed by atoms with Crippen LogP contribution in [0, 0.1) is 44.3 Å². The molecule has 0 N–H and O–H groups in total. The normalized spacial score (nSPS) is 24.6. The maximum atomic E-state index is 6.93. The Kier molecular flexibility index (Phi) is 14.2. The van der Waals surface area contributed by atoms with Crippen LogP contribution in [-0.4, -0.2) is 69.0 Å². The van der Waals surface area contributed by atoms with Crippen LogP contribution in [0.5, 0.6) is 0 Å². The van der Waals surface area contributed by atoms with Crippen molar-refractivity contribution in [1.82, 2.24) is 4.67 Å². The zero-order chi connectivity index (χ0) is 18.1. The summed E-state index contributed by atoms with van der Waals surface area (Å²) in [5, 5.41) is 0. The van der Waals surface area contributed by atoms with Crippen LogP contribution in [0.1, 0.15) is 27.7 Å². The van der Waals surface area contributed by atoms with E-state index in [1.807, 2.05) is 0 Å². The van der Waals surface area contributed by atoms with E-state index in [1.54, 1.807) is 20.8 Å². The molecule has 0 saturated carbocycles. The quantitative estimate of drug-likeness (QED) is 0.207. The average Bonchev–Trinajstić information content (AvgIpc) is 2.89. The summed E-state index contributed by atoms with van der Waals surface area (Å²) in [6.07, 6.45) is -0.828. The first-order chi connectivity index (χ1) is 11.5. The third-order valence-electron chi connectivity index (χ3n) is 3.54. The summed E-state index contributed by atoms with van der Waals surface area (Å²) in [4.78, 5) is 3.35. The molecule has 0 aromatic heterocycles. The Morgan fingerprint density at radius 1 is 1.24 bits per heavy atom. The van der Waals surface area contributed by atoms with E-state index in [4.69, 9.17) is 29.8 Å². The van der Waals surface area contributed by atoms with Crippen LogP contribution in [0.15, 0.2) is 0 Å². The molecule has 0 bridgehead atoms. The smallest absolute Gasteiger partial charge is 0.259 e. The molecule has 0 spiro atoms. The first-order valence-corrected chi connectivity index (χ1v) is 9.31. The van der Waals surface area contributed by atoms with Gasteiger partial charge in [-0.25, -0.2) is 11.2 Å². The molecule has 144 valence electrons. The van der Waals surface area contributed by atoms with Gasteiger partial charge in [0.25, 0.3) is 8.53 Å². The molecule has 7 nitrogen and oxygen atoms in total. The van der Waals surface area contributed by atoms with Gasteiger partial charge in [-0.3, -0.25) is 0 Å². The predicted molar refractivity (Wildman–Crippen MR) is 93.2 cm³/mol. The first-order valence-electron chi connectivity index (χ1n) is 8.18. The topological polar surface area (TPSA) is 53.8 Å². The summed E-state index contributed by atoms with van der Waals surface area (Å²) in [6, 6.07) is 0.495. The van der Waals surface area contributed by atoms with E-state index in [2.05, 4.69) is 37.2 Å². The zero-order valence-electron chi connectivity index (χ0n) is 16.0. The van der Waals surface area contributed by atoms with Gasteiger partial charge in [-0.1, -0.05) is 0 Å². The van der Waals surface area contributed by atoms with Crippen molar-refractivity contribution in [2.75, 3.05) is 34.0 Å². The maximum absolute atomic E-state index is 6.93. The third-order valence-corrected chi connectivity index (χ3v) is 5.67. The Morgan fingerprint density at radius 2 is 1.88 bits per heavy atom. The van der Waals surface area contributed by atoms with Gasteiger partial charge in [0.15, 0.2) is 0 Å². The minimum absolute atomic E-state index is 0. The molecule has 1 saturated heterocycles. The molecule has 0 radical (unpaired) electrons. The molecule has 0 aliphatic carbocycles. The Morgan fingerprint density at radius 3 is 2.36 bits per heavy atom. The van der Waals surface area contributed by atoms with E-state index in [9.17, 15) is 0 Å². The number of nitrogens with zero attached hydrogens (tertiary/aromatic N) is 2. The average molecular weight is 599 g/mol. The second-order valence-electron chi connectivity index (χ2n) is 6.06. The van der Waals surface area contributed by atoms with E-state index in [1.165, 1.54) is 0 Å². The summed E-state index contributed by atoms with van der Waals surface area (Å²) >= 11 is 0. The monoisotopic (exact) mass is 599 g/mol. The van der Waals surface area contributed by atoms with E-state index in [-0.39, 0.29) is 61.5 Å². The number of rotatable bonds is 11. The fraction of sp³-hybridized carbons (Fsp3) is 0.875. The van der Waals surface area contributed by atoms with E-state index in [0.29, 0.717) is 19.8 Å². The first kappa shape index (κ1) is 25.7. The molecule has 1 aliphatic heterocycles. The van der Waals surface area contributed by atoms with Crippen molar-refractivity contribution in [1.29, 1.82) is 0 Å². The molecular weight excluding hydrogens is 569 g/mol. The van der Waals surface area contributed by atoms with Crippen molar-refractivity contribution in [3.63, 3.8) is 0 Å². The van der Waals surface area contributed by atoms with E-state index in [0.717, 1.165) is 0 Å². The molecule has 0 aromatic carbocycles. The van der Waals surface area contributed by atoms with Gasteiger partial charge in [-0.05, 0) is 33.8 Å². The van der Waals surface area contributed by atoms with Crippen LogP contribution in [0.25, 0.3) is 4.85 Å². The van der Waals surface area contributed by atoms with Crippen molar-refractivity contribution in [2.24, 2.45) is 0 Å². The van der Waals surface area contributed by atoms with Crippen molar-refractivity contribution in [2.45, 2.75) is 58.1 Å². The molecule has 1 heterocycles. The standard InChI is InChI=1S/C16H30N2O5P.U/c1-12(2)18(13(3)4)24(22-9-8-17-5)23-16-14(20-7)11-21-15(16)10-19-6;/h11-16H,8-10H2,1-4,6-7H3;/q-1;/t14-,15-,16?,24?;/m1./s1. The second kappa shape index (κ2) is 13.8. The summed E-state index contributed by atoms with van der Waals surface area (Å²) in [5.74, 6) is 0. The van der Waals surface area contributed by atoms with Crippen LogP contribution >= 0.6 is 8.53 Å². The second-order valence-corrected chi connectivity index (χ2v) is 7.46. The summed E-state index contributed by atoms with van der Waals surface area (Å²) in [5.41, 5.74) is 0. The van der Waals surface area contributed by atoms with Gasteiger partial charge in [0.1, 0.15) is 6.61 Å². The van der Waals surface area contributed by atoms with Gasteiger partial charge in [-0.15, -0.1) is 0 Å². The van der Waals surface area contributed by atoms with E-state index >= 15 is 0 Å². The summed E-state index contributed by atoms with van der Waals surface area (Å²) < 4.78 is 30.7. The molecule has 25 heavy (non-hydrogen) atoms. The minimum Gasteiger partial charge on any atom is -0.544 e. The van der Waals surface area contributed by atoms with Gasteiger partial charge in [0.05, 0.1) is 18.8 Å². The molecule has 4 atom stereocenters. The zero-order valence-corrected chi connectivity index (χ0v) is 21.0. The largest absolute Gasteiger partial charge is 0.544 e. The van der Waals surface area contributed by atoms with Crippen molar-refractivity contribution in [3.8, 4) is 0 Å². The number of hydrogen-bond acceptors (Lipinski definition) is 6. The van der Waals surface area contributed by atoms with E-state index < -0.39 is 8.53 Å². The van der Waals surface area contributed by atoms with Gasteiger partial charge >= 0.3 is 0 Å². The van der Waals surface area contributed by atoms with Gasteiger partial charge < -0.3 is 28.1 Å². The molecule has 0 amide bonds. The third kappa shape index (κ3) is 8.10. The van der Waals surface area contributed by atoms with Crippen LogP contribution in [-0.2, 0) is 23.3 Å². The molecule has 9 heteroatoms. The van der Waals surface area contributed by atoms with Crippen LogP contribution in [0.4, 0.5) is 0 Å². The van der Waals surface area contributed by atoms with Gasteiger partial charge in [0, 0.05) is 57.4 Å². The SMILES string of the molecule is [C-]#[N+]CCOP(OC1[C@H](OC)[CH-]O[C@@H]1COC)N(C(C)C)C(C)C.[U]. The Bertz CT molecular complexity index is 389. The van der Waals surface area contributed by atoms with Crippen LogP contribution < -0.4 is 0 Å². The molecular formula is C16H30N2O5PU-. The van der Waals surface area contributed by atoms with Gasteiger partial charge in [0.2, 0.25) is 6.54 Å². The molecule has 1 aliphatic rings. The molecule has 1 fully saturated rings. The Balaban J connectivity index is 0.00000576. The van der Waals surface area contributed by atoms with Crippen LogP contribution in [0.3, 0.4) is 0 Å². The number of methoxy groups -OCH3 is 2.